The van der Waals surface area contributed by atoms with Gasteiger partial charge in [-0.05, 0) is 128 Å². The summed E-state index contributed by atoms with van der Waals surface area (Å²) in [5.74, 6) is 3.09. The van der Waals surface area contributed by atoms with E-state index in [1.807, 2.05) is 113 Å². The van der Waals surface area contributed by atoms with Crippen LogP contribution in [0, 0.1) is 26.7 Å². The Hall–Kier alpha value is -4.74. The molecule has 0 fully saturated rings. The first-order chi connectivity index (χ1) is 26.3. The van der Waals surface area contributed by atoms with Crippen LogP contribution < -0.4 is 20.9 Å². The molecular formula is C44H68N8O3. The number of hydrogen-bond acceptors (Lipinski definition) is 9. The molecule has 0 spiro atoms. The quantitative estimate of drug-likeness (QED) is 0.0830. The molecule has 1 aromatic heterocycles. The van der Waals surface area contributed by atoms with Gasteiger partial charge < -0.3 is 30.7 Å². The number of likely N-dealkylation sites (N-methyl/N-ethyl adjacent to an activating group) is 1. The minimum absolute atomic E-state index is 0.0244. The summed E-state index contributed by atoms with van der Waals surface area (Å²) < 4.78 is 12.6. The number of benzene rings is 1. The lowest BCUT2D eigenvalue weighted by Gasteiger charge is -2.31. The van der Waals surface area contributed by atoms with E-state index in [1.54, 1.807) is 17.3 Å². The standard InChI is InChI=1S/C41H59N7O3.C3H9N/c1-11-29(5)17-15-23-47(39(49)18-16-22-46(9)10)35(13-3)28-50-38-26-31(7)40(44-32(38)8)41(42)45-33-19-20-37(30(6)25-33)51-36-21-24-48(43-14-4)34(12-2)27-36;1-2-3-4/h12,14,16,18-21,24-27,29,35H,11,13,15,17,22-23,28H2,1-10H3,(H2,42,45);2-4H2,1H3/b18-16+,34-12+,43-14-;. The van der Waals surface area contributed by atoms with Crippen molar-refractivity contribution >= 4 is 23.6 Å². The van der Waals surface area contributed by atoms with Crippen LogP contribution in [-0.2, 0) is 4.79 Å². The van der Waals surface area contributed by atoms with Gasteiger partial charge in [-0.1, -0.05) is 46.3 Å². The van der Waals surface area contributed by atoms with E-state index in [-0.39, 0.29) is 11.9 Å². The average Bonchev–Trinajstić information content (AvgIpc) is 3.16. The monoisotopic (exact) mass is 757 g/mol. The van der Waals surface area contributed by atoms with E-state index < -0.39 is 0 Å². The number of aryl methyl sites for hydroxylation is 3. The summed E-state index contributed by atoms with van der Waals surface area (Å²) >= 11 is 0. The zero-order valence-electron chi connectivity index (χ0n) is 35.4. The third kappa shape index (κ3) is 15.5. The second-order valence-electron chi connectivity index (χ2n) is 14.1. The van der Waals surface area contributed by atoms with Gasteiger partial charge in [0.15, 0.2) is 0 Å². The number of pyridine rings is 1. The minimum Gasteiger partial charge on any atom is -0.490 e. The molecule has 2 heterocycles. The lowest BCUT2D eigenvalue weighted by Crippen LogP contribution is -2.43. The SMILES string of the molecule is C/C=N\N1C=CC(Oc2ccc(N=C(N)c3nc(C)c(OCC(CC)N(CCCC(C)CC)C(=O)/C=C/CN(C)C)cc3C)cc2C)=C/C1=C\C.CCCN. The summed E-state index contributed by atoms with van der Waals surface area (Å²) in [5.41, 5.74) is 16.3. The van der Waals surface area contributed by atoms with E-state index in [2.05, 4.69) is 32.8 Å². The summed E-state index contributed by atoms with van der Waals surface area (Å²) in [6.45, 7) is 20.9. The average molecular weight is 757 g/mol. The van der Waals surface area contributed by atoms with Crippen LogP contribution in [0.2, 0.25) is 0 Å². The van der Waals surface area contributed by atoms with E-state index >= 15 is 0 Å². The molecule has 2 unspecified atom stereocenters. The maximum Gasteiger partial charge on any atom is 0.246 e. The number of amides is 1. The van der Waals surface area contributed by atoms with Gasteiger partial charge in [-0.3, -0.25) is 4.79 Å². The topological polar surface area (TPSA) is 135 Å². The number of hydrazone groups is 1. The highest BCUT2D eigenvalue weighted by Crippen LogP contribution is 2.29. The van der Waals surface area contributed by atoms with E-state index in [1.165, 1.54) is 0 Å². The van der Waals surface area contributed by atoms with Gasteiger partial charge in [0.05, 0.1) is 23.1 Å². The van der Waals surface area contributed by atoms with Crippen molar-refractivity contribution in [2.24, 2.45) is 27.5 Å². The molecule has 0 radical (unpaired) electrons. The number of allylic oxidation sites excluding steroid dienone is 3. The van der Waals surface area contributed by atoms with Crippen LogP contribution in [0.15, 0.2) is 82.4 Å². The molecule has 1 aliphatic rings. The van der Waals surface area contributed by atoms with E-state index in [9.17, 15) is 4.79 Å². The van der Waals surface area contributed by atoms with Crippen molar-refractivity contribution in [2.75, 3.05) is 40.3 Å². The van der Waals surface area contributed by atoms with Crippen LogP contribution in [0.25, 0.3) is 0 Å². The molecule has 4 N–H and O–H groups in total. The zero-order chi connectivity index (χ0) is 40.9. The fourth-order valence-corrected chi connectivity index (χ4v) is 5.58. The first-order valence-electron chi connectivity index (χ1n) is 19.7. The molecular weight excluding hydrogens is 689 g/mol. The van der Waals surface area contributed by atoms with Gasteiger partial charge in [0.25, 0.3) is 0 Å². The third-order valence-electron chi connectivity index (χ3n) is 9.14. The van der Waals surface area contributed by atoms with Crippen molar-refractivity contribution in [3.63, 3.8) is 0 Å². The smallest absolute Gasteiger partial charge is 0.246 e. The molecule has 302 valence electrons. The van der Waals surface area contributed by atoms with Crippen LogP contribution in [0.1, 0.15) is 96.2 Å². The van der Waals surface area contributed by atoms with Gasteiger partial charge in [-0.25, -0.2) is 15.0 Å². The van der Waals surface area contributed by atoms with Gasteiger partial charge in [0.1, 0.15) is 35.4 Å². The van der Waals surface area contributed by atoms with Crippen molar-refractivity contribution in [1.29, 1.82) is 0 Å². The fourth-order valence-electron chi connectivity index (χ4n) is 5.58. The highest BCUT2D eigenvalue weighted by Gasteiger charge is 2.22. The lowest BCUT2D eigenvalue weighted by molar-refractivity contribution is -0.129. The number of hydrogen-bond donors (Lipinski definition) is 2. The molecule has 0 saturated heterocycles. The predicted molar refractivity (Wildman–Crippen MR) is 230 cm³/mol. The van der Waals surface area contributed by atoms with Crippen molar-refractivity contribution < 1.29 is 14.3 Å². The zero-order valence-corrected chi connectivity index (χ0v) is 35.4. The number of carbonyl (C=O) groups excluding carboxylic acids is 1. The largest absolute Gasteiger partial charge is 0.490 e. The van der Waals surface area contributed by atoms with Crippen LogP contribution in [-0.4, -0.2) is 84.1 Å². The first-order valence-corrected chi connectivity index (χ1v) is 19.7. The molecule has 0 bridgehead atoms. The molecule has 0 saturated carbocycles. The maximum atomic E-state index is 13.4. The van der Waals surface area contributed by atoms with Crippen LogP contribution in [0.3, 0.4) is 0 Å². The summed E-state index contributed by atoms with van der Waals surface area (Å²) in [4.78, 5) is 26.9. The predicted octanol–water partition coefficient (Wildman–Crippen LogP) is 8.33. The summed E-state index contributed by atoms with van der Waals surface area (Å²) in [7, 11) is 3.98. The van der Waals surface area contributed by atoms with Gasteiger partial charge in [-0.2, -0.15) is 5.10 Å². The Morgan fingerprint density at radius 3 is 2.38 bits per heavy atom. The van der Waals surface area contributed by atoms with E-state index in [0.717, 1.165) is 61.2 Å². The summed E-state index contributed by atoms with van der Waals surface area (Å²) in [6, 6.07) is 7.60. The highest BCUT2D eigenvalue weighted by molar-refractivity contribution is 5.98. The number of nitrogens with two attached hydrogens (primary N) is 2. The Morgan fingerprint density at radius 1 is 1.05 bits per heavy atom. The van der Waals surface area contributed by atoms with Crippen molar-refractivity contribution in [1.82, 2.24) is 19.8 Å². The summed E-state index contributed by atoms with van der Waals surface area (Å²) in [5, 5.41) is 6.12. The molecule has 11 nitrogen and oxygen atoms in total. The molecule has 1 aliphatic heterocycles. The fraction of sp³-hybridized carbons (Fsp3) is 0.500. The Balaban J connectivity index is 0.00000248. The number of aromatic nitrogens is 1. The van der Waals surface area contributed by atoms with Crippen molar-refractivity contribution in [3.05, 3.63) is 94.8 Å². The normalized spacial score (nSPS) is 15.0. The van der Waals surface area contributed by atoms with E-state index in [4.69, 9.17) is 30.9 Å². The van der Waals surface area contributed by atoms with Crippen LogP contribution in [0.5, 0.6) is 11.5 Å². The second kappa shape index (κ2) is 24.6. The number of amidine groups is 1. The summed E-state index contributed by atoms with van der Waals surface area (Å²) in [6.07, 6.45) is 18.1. The molecule has 1 amide bonds. The van der Waals surface area contributed by atoms with Crippen LogP contribution in [0.4, 0.5) is 5.69 Å². The Morgan fingerprint density at radius 2 is 1.78 bits per heavy atom. The molecule has 0 aliphatic carbocycles. The van der Waals surface area contributed by atoms with Gasteiger partial charge in [0, 0.05) is 37.7 Å². The molecule has 2 aromatic rings. The first kappa shape index (κ1) is 46.4. The minimum atomic E-state index is -0.0693. The van der Waals surface area contributed by atoms with Crippen molar-refractivity contribution in [3.8, 4) is 11.5 Å². The Labute approximate surface area is 331 Å². The number of ether oxygens (including phenoxy) is 2. The Bertz CT molecular complexity index is 1690. The Kier molecular flexibility index (Phi) is 20.8. The molecule has 11 heteroatoms. The number of aliphatic imine (C=N–C) groups is 1. The third-order valence-corrected chi connectivity index (χ3v) is 9.14. The van der Waals surface area contributed by atoms with Gasteiger partial charge in [-0.15, -0.1) is 0 Å². The van der Waals surface area contributed by atoms with E-state index in [0.29, 0.717) is 60.0 Å². The molecule has 55 heavy (non-hydrogen) atoms. The highest BCUT2D eigenvalue weighted by atomic mass is 16.5. The number of nitrogens with zero attached hydrogens (tertiary/aromatic N) is 6. The number of rotatable bonds is 19. The molecule has 2 atom stereocenters. The number of carbonyl (C=O) groups is 1. The van der Waals surface area contributed by atoms with Gasteiger partial charge >= 0.3 is 0 Å². The van der Waals surface area contributed by atoms with Gasteiger partial charge in [0.2, 0.25) is 5.91 Å². The lowest BCUT2D eigenvalue weighted by atomic mass is 10.0. The van der Waals surface area contributed by atoms with Crippen molar-refractivity contribution in [2.45, 2.75) is 100 Å². The second-order valence-corrected chi connectivity index (χ2v) is 14.1. The van der Waals surface area contributed by atoms with Crippen LogP contribution >= 0.6 is 0 Å². The molecule has 3 rings (SSSR count). The maximum absolute atomic E-state index is 13.4. The molecule has 1 aromatic carbocycles.